The molecule has 0 bridgehead atoms. The van der Waals surface area contributed by atoms with Crippen LogP contribution in [0.15, 0.2) is 42.5 Å². The van der Waals surface area contributed by atoms with Crippen LogP contribution in [0.25, 0.3) is 10.8 Å². The van der Waals surface area contributed by atoms with Crippen molar-refractivity contribution in [2.45, 2.75) is 38.8 Å². The van der Waals surface area contributed by atoms with E-state index in [1.807, 2.05) is 56.3 Å². The first kappa shape index (κ1) is 20.8. The van der Waals surface area contributed by atoms with E-state index in [0.717, 1.165) is 15.7 Å². The van der Waals surface area contributed by atoms with Gasteiger partial charge in [0.1, 0.15) is 12.1 Å². The van der Waals surface area contributed by atoms with Crippen LogP contribution in [-0.2, 0) is 19.9 Å². The highest BCUT2D eigenvalue weighted by molar-refractivity contribution is 6.09. The van der Waals surface area contributed by atoms with E-state index in [1.54, 1.807) is 6.92 Å². The van der Waals surface area contributed by atoms with Gasteiger partial charge in [0.25, 0.3) is 5.91 Å². The molecular weight excluding hydrogens is 370 g/mol. The normalized spacial score (nSPS) is 19.1. The fourth-order valence-corrected chi connectivity index (χ4v) is 3.36. The van der Waals surface area contributed by atoms with Crippen LogP contribution in [0.1, 0.15) is 32.8 Å². The van der Waals surface area contributed by atoms with E-state index in [-0.39, 0.29) is 18.6 Å². The quantitative estimate of drug-likeness (QED) is 0.529. The van der Waals surface area contributed by atoms with E-state index in [2.05, 4.69) is 10.6 Å². The monoisotopic (exact) mass is 397 g/mol. The Morgan fingerprint density at radius 2 is 1.90 bits per heavy atom. The van der Waals surface area contributed by atoms with Gasteiger partial charge in [-0.25, -0.2) is 4.79 Å². The van der Waals surface area contributed by atoms with E-state index < -0.39 is 17.5 Å². The van der Waals surface area contributed by atoms with Crippen molar-refractivity contribution in [2.75, 3.05) is 19.7 Å². The predicted octanol–water partition coefficient (Wildman–Crippen LogP) is 2.54. The fourth-order valence-electron chi connectivity index (χ4n) is 3.36. The molecule has 3 rings (SSSR count). The number of imide groups is 1. The maximum absolute atomic E-state index is 13.0. The maximum atomic E-state index is 13.0. The van der Waals surface area contributed by atoms with Gasteiger partial charge >= 0.3 is 6.03 Å². The molecule has 2 N–H and O–H groups in total. The lowest BCUT2D eigenvalue weighted by atomic mass is 9.90. The smallest absolute Gasteiger partial charge is 0.325 e. The molecule has 0 aromatic heterocycles. The summed E-state index contributed by atoms with van der Waals surface area (Å²) in [7, 11) is 0. The van der Waals surface area contributed by atoms with Crippen LogP contribution in [-0.4, -0.2) is 48.5 Å². The Kier molecular flexibility index (Phi) is 6.17. The molecule has 0 aliphatic carbocycles. The highest BCUT2D eigenvalue weighted by Gasteiger charge is 2.49. The molecule has 29 heavy (non-hydrogen) atoms. The van der Waals surface area contributed by atoms with Crippen LogP contribution in [0.4, 0.5) is 4.79 Å². The predicted molar refractivity (Wildman–Crippen MR) is 110 cm³/mol. The van der Waals surface area contributed by atoms with E-state index in [1.165, 1.54) is 0 Å². The summed E-state index contributed by atoms with van der Waals surface area (Å²) >= 11 is 0. The van der Waals surface area contributed by atoms with Gasteiger partial charge in [-0.2, -0.15) is 0 Å². The number of hydrogen-bond acceptors (Lipinski definition) is 4. The van der Waals surface area contributed by atoms with Crippen molar-refractivity contribution in [1.29, 1.82) is 0 Å². The molecule has 154 valence electrons. The summed E-state index contributed by atoms with van der Waals surface area (Å²) in [4.78, 5) is 38.6. The summed E-state index contributed by atoms with van der Waals surface area (Å²) in [6.45, 7) is 6.22. The Bertz CT molecular complexity index is 927. The number of carbonyl (C=O) groups excluding carboxylic acids is 3. The first-order chi connectivity index (χ1) is 13.8. The van der Waals surface area contributed by atoms with Crippen LogP contribution in [0.5, 0.6) is 0 Å². The van der Waals surface area contributed by atoms with Gasteiger partial charge in [-0.3, -0.25) is 14.5 Å². The molecule has 0 spiro atoms. The van der Waals surface area contributed by atoms with E-state index in [9.17, 15) is 14.4 Å². The van der Waals surface area contributed by atoms with Gasteiger partial charge in [-0.15, -0.1) is 0 Å². The van der Waals surface area contributed by atoms with Gasteiger partial charge in [-0.05, 0) is 49.6 Å². The van der Waals surface area contributed by atoms with E-state index in [0.29, 0.717) is 25.1 Å². The van der Waals surface area contributed by atoms with Gasteiger partial charge in [-0.1, -0.05) is 36.4 Å². The first-order valence-electron chi connectivity index (χ1n) is 9.83. The number of amides is 4. The molecular formula is C22H27N3O4. The molecule has 1 saturated heterocycles. The van der Waals surface area contributed by atoms with Gasteiger partial charge < -0.3 is 15.4 Å². The average Bonchev–Trinajstić information content (AvgIpc) is 2.91. The second kappa shape index (κ2) is 8.61. The summed E-state index contributed by atoms with van der Waals surface area (Å²) in [6, 6.07) is 12.9. The summed E-state index contributed by atoms with van der Waals surface area (Å²) in [5, 5.41) is 7.50. The molecule has 1 aliphatic rings. The SMILES string of the molecule is CC(C)OCCCNC(=O)CN1C(=O)N[C@@](C)(c2ccc3ccccc3c2)C1=O. The zero-order valence-corrected chi connectivity index (χ0v) is 17.0. The molecule has 1 fully saturated rings. The number of fused-ring (bicyclic) bond motifs is 1. The zero-order chi connectivity index (χ0) is 21.0. The second-order valence-electron chi connectivity index (χ2n) is 7.63. The van der Waals surface area contributed by atoms with Gasteiger partial charge in [0.15, 0.2) is 0 Å². The maximum Gasteiger partial charge on any atom is 0.325 e. The Morgan fingerprint density at radius 1 is 1.17 bits per heavy atom. The van der Waals surface area contributed by atoms with Crippen LogP contribution in [0, 0.1) is 0 Å². The minimum Gasteiger partial charge on any atom is -0.379 e. The molecule has 7 heteroatoms. The van der Waals surface area contributed by atoms with E-state index >= 15 is 0 Å². The minimum atomic E-state index is -1.20. The second-order valence-corrected chi connectivity index (χ2v) is 7.63. The molecule has 2 aromatic rings. The third-order valence-corrected chi connectivity index (χ3v) is 5.00. The lowest BCUT2D eigenvalue weighted by Gasteiger charge is -2.22. The summed E-state index contributed by atoms with van der Waals surface area (Å²) in [6.07, 6.45) is 0.809. The number of nitrogens with zero attached hydrogens (tertiary/aromatic N) is 1. The molecule has 0 radical (unpaired) electrons. The Balaban J connectivity index is 1.64. The molecule has 0 saturated carbocycles. The number of hydrogen-bond donors (Lipinski definition) is 2. The largest absolute Gasteiger partial charge is 0.379 e. The lowest BCUT2D eigenvalue weighted by Crippen LogP contribution is -2.43. The van der Waals surface area contributed by atoms with Crippen molar-refractivity contribution in [3.05, 3.63) is 48.0 Å². The lowest BCUT2D eigenvalue weighted by molar-refractivity contribution is -0.134. The van der Waals surface area contributed by atoms with Crippen molar-refractivity contribution in [3.63, 3.8) is 0 Å². The van der Waals surface area contributed by atoms with Gasteiger partial charge in [0, 0.05) is 13.2 Å². The van der Waals surface area contributed by atoms with Crippen LogP contribution >= 0.6 is 0 Å². The number of carbonyl (C=O) groups is 3. The third kappa shape index (κ3) is 4.56. The van der Waals surface area contributed by atoms with Crippen molar-refractivity contribution < 1.29 is 19.1 Å². The summed E-state index contributed by atoms with van der Waals surface area (Å²) < 4.78 is 5.42. The third-order valence-electron chi connectivity index (χ3n) is 5.00. The Labute approximate surface area is 170 Å². The molecule has 2 aromatic carbocycles. The number of urea groups is 1. The number of ether oxygens (including phenoxy) is 1. The highest BCUT2D eigenvalue weighted by Crippen LogP contribution is 2.30. The first-order valence-corrected chi connectivity index (χ1v) is 9.83. The van der Waals surface area contributed by atoms with Crippen molar-refractivity contribution >= 4 is 28.6 Å². The van der Waals surface area contributed by atoms with Crippen molar-refractivity contribution in [2.24, 2.45) is 0 Å². The Morgan fingerprint density at radius 3 is 2.62 bits per heavy atom. The number of rotatable bonds is 8. The fraction of sp³-hybridized carbons (Fsp3) is 0.409. The van der Waals surface area contributed by atoms with Gasteiger partial charge in [0.05, 0.1) is 6.10 Å². The van der Waals surface area contributed by atoms with Crippen molar-refractivity contribution in [3.8, 4) is 0 Å². The number of nitrogens with one attached hydrogen (secondary N) is 2. The standard InChI is InChI=1S/C22H27N3O4/c1-15(2)29-12-6-11-23-19(26)14-25-20(27)22(3,24-21(25)28)18-10-9-16-7-4-5-8-17(16)13-18/h4-5,7-10,13,15H,6,11-12,14H2,1-3H3,(H,23,26)(H,24,28)/t22-/m0/s1. The minimum absolute atomic E-state index is 0.143. The van der Waals surface area contributed by atoms with E-state index in [4.69, 9.17) is 4.74 Å². The highest BCUT2D eigenvalue weighted by atomic mass is 16.5. The van der Waals surface area contributed by atoms with Crippen LogP contribution in [0.2, 0.25) is 0 Å². The average molecular weight is 397 g/mol. The van der Waals surface area contributed by atoms with Crippen LogP contribution < -0.4 is 10.6 Å². The summed E-state index contributed by atoms with van der Waals surface area (Å²) in [5.41, 5.74) is -0.518. The molecule has 7 nitrogen and oxygen atoms in total. The van der Waals surface area contributed by atoms with Gasteiger partial charge in [0.2, 0.25) is 5.91 Å². The topological polar surface area (TPSA) is 87.7 Å². The zero-order valence-electron chi connectivity index (χ0n) is 17.0. The molecule has 1 atom stereocenters. The molecule has 4 amide bonds. The molecule has 1 aliphatic heterocycles. The Hall–Kier alpha value is -2.93. The molecule has 0 unspecified atom stereocenters. The summed E-state index contributed by atoms with van der Waals surface area (Å²) in [5.74, 6) is -0.808. The van der Waals surface area contributed by atoms with Crippen LogP contribution in [0.3, 0.4) is 0 Å². The van der Waals surface area contributed by atoms with Crippen molar-refractivity contribution in [1.82, 2.24) is 15.5 Å². The number of benzene rings is 2. The molecule has 1 heterocycles.